The van der Waals surface area contributed by atoms with Crippen molar-refractivity contribution in [2.24, 2.45) is 0 Å². The topological polar surface area (TPSA) is 46.5 Å². The van der Waals surface area contributed by atoms with Crippen LogP contribution >= 0.6 is 0 Å². The molecular formula is C3H8CaO3. The van der Waals surface area contributed by atoms with Gasteiger partial charge in [0.05, 0.1) is 0 Å². The van der Waals surface area contributed by atoms with Crippen LogP contribution in [0, 0.1) is 0 Å². The summed E-state index contributed by atoms with van der Waals surface area (Å²) in [6.45, 7) is -0.208. The molecule has 0 unspecified atom stereocenters. The average Bonchev–Trinajstić information content (AvgIpc) is 1.35. The van der Waals surface area contributed by atoms with Gasteiger partial charge in [-0.15, -0.1) is 0 Å². The van der Waals surface area contributed by atoms with Gasteiger partial charge in [0.2, 0.25) is 0 Å². The summed E-state index contributed by atoms with van der Waals surface area (Å²) in [6, 6.07) is 0. The predicted octanol–water partition coefficient (Wildman–Crippen LogP) is -1.20. The van der Waals surface area contributed by atoms with Crippen molar-refractivity contribution >= 4 is 43.7 Å². The Morgan fingerprint density at radius 1 is 1.86 bits per heavy atom. The first-order chi connectivity index (χ1) is 2.77. The summed E-state index contributed by atoms with van der Waals surface area (Å²) in [5, 5.41) is 7.79. The van der Waals surface area contributed by atoms with Gasteiger partial charge in [-0.25, -0.2) is 4.79 Å². The summed E-state index contributed by atoms with van der Waals surface area (Å²) in [5.41, 5.74) is 0. The Morgan fingerprint density at radius 3 is 2.29 bits per heavy atom. The first-order valence-electron chi connectivity index (χ1n) is 1.48. The summed E-state index contributed by atoms with van der Waals surface area (Å²) in [5.74, 6) is -0.933. The normalized spacial score (nSPS) is 7.00. The Balaban J connectivity index is 0. The minimum atomic E-state index is -0.933. The van der Waals surface area contributed by atoms with Gasteiger partial charge in [-0.05, 0) is 0 Å². The number of hydrogen-bond acceptors (Lipinski definition) is 2. The summed E-state index contributed by atoms with van der Waals surface area (Å²) in [4.78, 5) is 9.47. The van der Waals surface area contributed by atoms with Crippen LogP contribution in [0.15, 0.2) is 0 Å². The van der Waals surface area contributed by atoms with Crippen molar-refractivity contribution in [1.29, 1.82) is 0 Å². The van der Waals surface area contributed by atoms with Crippen LogP contribution in [-0.4, -0.2) is 62.5 Å². The molecule has 1 N–H and O–H groups in total. The summed E-state index contributed by atoms with van der Waals surface area (Å²) in [6.07, 6.45) is 0. The quantitative estimate of drug-likeness (QED) is 0.480. The molecule has 0 bridgehead atoms. The Hall–Kier alpha value is 0.690. The standard InChI is InChI=1S/C3H6O3.Ca.2H/c1-6-2-3(4)5;;;/h2H2,1H3,(H,4,5);;;. The van der Waals surface area contributed by atoms with Crippen LogP contribution in [0.3, 0.4) is 0 Å². The van der Waals surface area contributed by atoms with E-state index in [0.29, 0.717) is 0 Å². The second-order valence-electron chi connectivity index (χ2n) is 0.827. The Morgan fingerprint density at radius 2 is 2.29 bits per heavy atom. The molecule has 7 heavy (non-hydrogen) atoms. The molecule has 40 valence electrons. The molecule has 0 spiro atoms. The third-order valence-corrected chi connectivity index (χ3v) is 0.268. The fourth-order valence-electron chi connectivity index (χ4n) is 0.123. The molecule has 0 rings (SSSR count). The Labute approximate surface area is 71.7 Å². The minimum absolute atomic E-state index is 0. The first-order valence-corrected chi connectivity index (χ1v) is 1.48. The molecule has 4 heteroatoms. The van der Waals surface area contributed by atoms with E-state index in [1.165, 1.54) is 7.11 Å². The van der Waals surface area contributed by atoms with Crippen molar-refractivity contribution in [2.75, 3.05) is 13.7 Å². The first kappa shape index (κ1) is 10.6. The van der Waals surface area contributed by atoms with Crippen LogP contribution in [0.25, 0.3) is 0 Å². The van der Waals surface area contributed by atoms with Crippen LogP contribution < -0.4 is 0 Å². The molecule has 0 fully saturated rings. The van der Waals surface area contributed by atoms with Gasteiger partial charge >= 0.3 is 43.7 Å². The molecule has 0 aliphatic rings. The van der Waals surface area contributed by atoms with E-state index < -0.39 is 5.97 Å². The molecule has 0 saturated carbocycles. The van der Waals surface area contributed by atoms with E-state index >= 15 is 0 Å². The van der Waals surface area contributed by atoms with Crippen LogP contribution in [0.4, 0.5) is 0 Å². The predicted molar refractivity (Wildman–Crippen MR) is 28.1 cm³/mol. The molecule has 0 aromatic heterocycles. The van der Waals surface area contributed by atoms with Crippen LogP contribution in [0.1, 0.15) is 0 Å². The van der Waals surface area contributed by atoms with Gasteiger partial charge in [0.25, 0.3) is 0 Å². The van der Waals surface area contributed by atoms with Gasteiger partial charge in [0, 0.05) is 7.11 Å². The SMILES string of the molecule is COCC(=O)O.[CaH2]. The maximum atomic E-state index is 9.47. The van der Waals surface area contributed by atoms with Crippen molar-refractivity contribution in [2.45, 2.75) is 0 Å². The zero-order valence-electron chi connectivity index (χ0n) is 3.47. The van der Waals surface area contributed by atoms with Gasteiger partial charge in [0.1, 0.15) is 6.61 Å². The number of rotatable bonds is 2. The number of methoxy groups -OCH3 is 1. The second kappa shape index (κ2) is 6.69. The fraction of sp³-hybridized carbons (Fsp3) is 0.667. The van der Waals surface area contributed by atoms with Gasteiger partial charge in [-0.1, -0.05) is 0 Å². The van der Waals surface area contributed by atoms with E-state index in [1.807, 2.05) is 0 Å². The van der Waals surface area contributed by atoms with Crippen molar-refractivity contribution in [3.05, 3.63) is 0 Å². The van der Waals surface area contributed by atoms with E-state index in [9.17, 15) is 4.79 Å². The van der Waals surface area contributed by atoms with E-state index in [2.05, 4.69) is 4.74 Å². The molecule has 3 nitrogen and oxygen atoms in total. The van der Waals surface area contributed by atoms with Crippen molar-refractivity contribution in [1.82, 2.24) is 0 Å². The zero-order chi connectivity index (χ0) is 4.99. The van der Waals surface area contributed by atoms with Crippen LogP contribution in [-0.2, 0) is 9.53 Å². The molecule has 0 aliphatic carbocycles. The molecular weight excluding hydrogens is 124 g/mol. The van der Waals surface area contributed by atoms with E-state index in [4.69, 9.17) is 5.11 Å². The van der Waals surface area contributed by atoms with Gasteiger partial charge in [0.15, 0.2) is 0 Å². The average molecular weight is 132 g/mol. The van der Waals surface area contributed by atoms with Gasteiger partial charge < -0.3 is 9.84 Å². The fourth-order valence-corrected chi connectivity index (χ4v) is 0.123. The second-order valence-corrected chi connectivity index (χ2v) is 0.827. The van der Waals surface area contributed by atoms with E-state index in [1.54, 1.807) is 0 Å². The van der Waals surface area contributed by atoms with Gasteiger partial charge in [-0.2, -0.15) is 0 Å². The molecule has 0 aliphatic heterocycles. The molecule has 0 aromatic rings. The number of aliphatic carboxylic acids is 1. The molecule has 0 aromatic carbocycles. The zero-order valence-corrected chi connectivity index (χ0v) is 3.47. The third kappa shape index (κ3) is 10.8. The molecule has 0 amide bonds. The van der Waals surface area contributed by atoms with Crippen molar-refractivity contribution in [3.8, 4) is 0 Å². The molecule has 0 heterocycles. The monoisotopic (exact) mass is 132 g/mol. The molecule has 0 saturated heterocycles. The third-order valence-electron chi connectivity index (χ3n) is 0.268. The van der Waals surface area contributed by atoms with E-state index in [-0.39, 0.29) is 44.3 Å². The Bertz CT molecular complexity index is 54.1. The van der Waals surface area contributed by atoms with E-state index in [0.717, 1.165) is 0 Å². The number of hydrogen-bond donors (Lipinski definition) is 1. The number of carbonyl (C=O) groups is 1. The van der Waals surface area contributed by atoms with Crippen molar-refractivity contribution in [3.63, 3.8) is 0 Å². The van der Waals surface area contributed by atoms with Gasteiger partial charge in [-0.3, -0.25) is 0 Å². The van der Waals surface area contributed by atoms with Crippen LogP contribution in [0.2, 0.25) is 0 Å². The van der Waals surface area contributed by atoms with Crippen LogP contribution in [0.5, 0.6) is 0 Å². The number of ether oxygens (including phenoxy) is 1. The Kier molecular flexibility index (Phi) is 10.2. The maximum absolute atomic E-state index is 9.47. The number of carboxylic acids is 1. The summed E-state index contributed by atoms with van der Waals surface area (Å²) in [7, 11) is 1.34. The van der Waals surface area contributed by atoms with Crippen molar-refractivity contribution < 1.29 is 14.6 Å². The molecule has 0 radical (unpaired) electrons. The number of carboxylic acid groups (broad SMARTS) is 1. The summed E-state index contributed by atoms with van der Waals surface area (Å²) >= 11 is 0. The molecule has 0 atom stereocenters. The summed E-state index contributed by atoms with van der Waals surface area (Å²) < 4.78 is 4.20.